The van der Waals surface area contributed by atoms with Gasteiger partial charge in [-0.3, -0.25) is 9.78 Å². The first-order chi connectivity index (χ1) is 16.1. The number of amides is 1. The first kappa shape index (κ1) is 21.6. The third-order valence-corrected chi connectivity index (χ3v) is 7.45. The quantitative estimate of drug-likeness (QED) is 0.358. The van der Waals surface area contributed by atoms with Crippen molar-refractivity contribution < 1.29 is 4.79 Å². The number of thiocarbonyl (C=S) groups is 1. The second-order valence-corrected chi connectivity index (χ2v) is 9.45. The van der Waals surface area contributed by atoms with Gasteiger partial charge in [-0.15, -0.1) is 11.3 Å². The maximum absolute atomic E-state index is 12.9. The van der Waals surface area contributed by atoms with Gasteiger partial charge in [-0.05, 0) is 59.7 Å². The predicted octanol–water partition coefficient (Wildman–Crippen LogP) is 5.61. The van der Waals surface area contributed by atoms with Crippen molar-refractivity contribution >= 4 is 51.0 Å². The Bertz CT molecular complexity index is 1300. The summed E-state index contributed by atoms with van der Waals surface area (Å²) in [6, 6.07) is 22.0. The lowest BCUT2D eigenvalue weighted by Gasteiger charge is -2.27. The van der Waals surface area contributed by atoms with E-state index in [1.165, 1.54) is 10.4 Å². The molecule has 5 nitrogen and oxygen atoms in total. The number of anilines is 1. The minimum absolute atomic E-state index is 0.00208. The number of carbonyl (C=O) groups excluding carboxylic acids is 1. The second-order valence-electron chi connectivity index (χ2n) is 8.11. The molecule has 2 unspecified atom stereocenters. The van der Waals surface area contributed by atoms with Crippen LogP contribution in [-0.4, -0.2) is 27.4 Å². The molecule has 0 bridgehead atoms. The molecule has 5 rings (SSSR count). The summed E-state index contributed by atoms with van der Waals surface area (Å²) in [5, 5.41) is 11.4. The normalized spacial score (nSPS) is 17.8. The first-order valence-electron chi connectivity index (χ1n) is 10.9. The number of carbonyl (C=O) groups is 1. The Morgan fingerprint density at radius 2 is 1.94 bits per heavy atom. The van der Waals surface area contributed by atoms with Gasteiger partial charge in [0.1, 0.15) is 0 Å². The number of thiophene rings is 1. The molecule has 1 amide bonds. The van der Waals surface area contributed by atoms with E-state index in [-0.39, 0.29) is 18.0 Å². The van der Waals surface area contributed by atoms with E-state index in [0.29, 0.717) is 18.1 Å². The molecule has 0 saturated carbocycles. The van der Waals surface area contributed by atoms with Gasteiger partial charge in [0.2, 0.25) is 5.91 Å². The number of hydrogen-bond acceptors (Lipinski definition) is 4. The van der Waals surface area contributed by atoms with Crippen LogP contribution in [0.2, 0.25) is 0 Å². The smallest absolute Gasteiger partial charge is 0.226 e. The number of hydrogen-bond donors (Lipinski definition) is 2. The number of nitrogens with zero attached hydrogens (tertiary/aromatic N) is 2. The Balaban J connectivity index is 1.36. The van der Waals surface area contributed by atoms with Crippen LogP contribution in [0, 0.1) is 6.92 Å². The first-order valence-corrected chi connectivity index (χ1v) is 12.2. The van der Waals surface area contributed by atoms with E-state index in [4.69, 9.17) is 12.2 Å². The summed E-state index contributed by atoms with van der Waals surface area (Å²) in [5.74, 6) is -0.0305. The summed E-state index contributed by atoms with van der Waals surface area (Å²) in [5.41, 5.74) is 3.00. The fraction of sp³-hybridized carbons (Fsp3) is 0.192. The summed E-state index contributed by atoms with van der Waals surface area (Å²) in [6.45, 7) is 2.64. The van der Waals surface area contributed by atoms with Gasteiger partial charge in [-0.1, -0.05) is 42.5 Å². The molecule has 0 spiro atoms. The van der Waals surface area contributed by atoms with Crippen molar-refractivity contribution in [3.05, 3.63) is 94.4 Å². The molecule has 0 aliphatic carbocycles. The zero-order valence-electron chi connectivity index (χ0n) is 18.2. The van der Waals surface area contributed by atoms with Crippen molar-refractivity contribution in [2.45, 2.75) is 25.4 Å². The molecule has 2 atom stereocenters. The SMILES string of the molecule is Cc1ccsc1C1C(c2ccccn2)NC(=S)N1CCC(=O)Nc1cccc2ccccc12. The predicted molar refractivity (Wildman–Crippen MR) is 138 cm³/mol. The van der Waals surface area contributed by atoms with Crippen molar-refractivity contribution in [3.63, 3.8) is 0 Å². The monoisotopic (exact) mass is 472 g/mol. The minimum atomic E-state index is -0.0582. The summed E-state index contributed by atoms with van der Waals surface area (Å²) in [4.78, 5) is 20.9. The average molecular weight is 473 g/mol. The maximum atomic E-state index is 12.9. The fourth-order valence-electron chi connectivity index (χ4n) is 4.39. The van der Waals surface area contributed by atoms with Crippen LogP contribution in [0.5, 0.6) is 0 Å². The lowest BCUT2D eigenvalue weighted by atomic mass is 10.0. The van der Waals surface area contributed by atoms with Gasteiger partial charge in [-0.2, -0.15) is 0 Å². The van der Waals surface area contributed by atoms with Crippen molar-refractivity contribution in [1.29, 1.82) is 0 Å². The largest absolute Gasteiger partial charge is 0.352 e. The molecule has 1 saturated heterocycles. The van der Waals surface area contributed by atoms with Gasteiger partial charge in [0, 0.05) is 35.1 Å². The Hall–Kier alpha value is -3.29. The van der Waals surface area contributed by atoms with Crippen LogP contribution < -0.4 is 10.6 Å². The highest BCUT2D eigenvalue weighted by Gasteiger charge is 2.40. The topological polar surface area (TPSA) is 57.3 Å². The molecule has 3 heterocycles. The average Bonchev–Trinajstić information content (AvgIpc) is 3.40. The van der Waals surface area contributed by atoms with Crippen LogP contribution in [0.1, 0.15) is 34.6 Å². The van der Waals surface area contributed by atoms with Crippen molar-refractivity contribution in [2.24, 2.45) is 0 Å². The molecule has 7 heteroatoms. The second kappa shape index (κ2) is 9.29. The molecule has 2 aromatic carbocycles. The standard InChI is InChI=1S/C26H24N4OS2/c1-17-13-16-33-25(17)24-23(21-10-4-5-14-27-21)29-26(32)30(24)15-12-22(31)28-20-11-6-8-18-7-2-3-9-19(18)20/h2-11,13-14,16,23-24H,12,15H2,1H3,(H,28,31)(H,29,32). The molecule has 1 fully saturated rings. The van der Waals surface area contributed by atoms with Crippen LogP contribution >= 0.6 is 23.6 Å². The molecule has 1 aliphatic heterocycles. The summed E-state index contributed by atoms with van der Waals surface area (Å²) < 4.78 is 0. The third-order valence-electron chi connectivity index (χ3n) is 6.01. The summed E-state index contributed by atoms with van der Waals surface area (Å²) in [6.07, 6.45) is 2.14. The highest BCUT2D eigenvalue weighted by molar-refractivity contribution is 7.80. The van der Waals surface area contributed by atoms with Crippen molar-refractivity contribution in [3.8, 4) is 0 Å². The molecular formula is C26H24N4OS2. The lowest BCUT2D eigenvalue weighted by molar-refractivity contribution is -0.116. The maximum Gasteiger partial charge on any atom is 0.226 e. The summed E-state index contributed by atoms with van der Waals surface area (Å²) >= 11 is 7.44. The van der Waals surface area contributed by atoms with Gasteiger partial charge in [0.25, 0.3) is 0 Å². The van der Waals surface area contributed by atoms with E-state index < -0.39 is 0 Å². The van der Waals surface area contributed by atoms with Gasteiger partial charge in [-0.25, -0.2) is 0 Å². The van der Waals surface area contributed by atoms with E-state index in [9.17, 15) is 4.79 Å². The highest BCUT2D eigenvalue weighted by Crippen LogP contribution is 2.42. The van der Waals surface area contributed by atoms with E-state index >= 15 is 0 Å². The zero-order chi connectivity index (χ0) is 22.8. The Kier molecular flexibility index (Phi) is 6.07. The molecule has 2 N–H and O–H groups in total. The molecule has 0 radical (unpaired) electrons. The molecule has 1 aliphatic rings. The zero-order valence-corrected chi connectivity index (χ0v) is 19.8. The minimum Gasteiger partial charge on any atom is -0.352 e. The summed E-state index contributed by atoms with van der Waals surface area (Å²) in [7, 11) is 0. The van der Waals surface area contributed by atoms with E-state index in [1.54, 1.807) is 17.5 Å². The van der Waals surface area contributed by atoms with E-state index in [0.717, 1.165) is 22.2 Å². The molecule has 166 valence electrons. The van der Waals surface area contributed by atoms with Crippen LogP contribution in [0.25, 0.3) is 10.8 Å². The third kappa shape index (κ3) is 4.34. The number of aryl methyl sites for hydroxylation is 1. The van der Waals surface area contributed by atoms with Crippen LogP contribution in [0.15, 0.2) is 78.3 Å². The van der Waals surface area contributed by atoms with Gasteiger partial charge in [0.05, 0.1) is 17.8 Å². The van der Waals surface area contributed by atoms with E-state index in [1.807, 2.05) is 60.7 Å². The van der Waals surface area contributed by atoms with Crippen LogP contribution in [-0.2, 0) is 4.79 Å². The number of aromatic nitrogens is 1. The van der Waals surface area contributed by atoms with Crippen molar-refractivity contribution in [2.75, 3.05) is 11.9 Å². The fourth-order valence-corrected chi connectivity index (χ4v) is 5.79. The molecule has 2 aromatic heterocycles. The number of pyridine rings is 1. The number of fused-ring (bicyclic) bond motifs is 1. The van der Waals surface area contributed by atoms with Gasteiger partial charge in [0.15, 0.2) is 5.11 Å². The molecule has 4 aromatic rings. The van der Waals surface area contributed by atoms with Crippen LogP contribution in [0.4, 0.5) is 5.69 Å². The Morgan fingerprint density at radius 3 is 2.73 bits per heavy atom. The Morgan fingerprint density at radius 1 is 1.12 bits per heavy atom. The highest BCUT2D eigenvalue weighted by atomic mass is 32.1. The van der Waals surface area contributed by atoms with E-state index in [2.05, 4.69) is 38.9 Å². The molecule has 33 heavy (non-hydrogen) atoms. The van der Waals surface area contributed by atoms with Crippen molar-refractivity contribution in [1.82, 2.24) is 15.2 Å². The lowest BCUT2D eigenvalue weighted by Crippen LogP contribution is -2.32. The number of nitrogens with one attached hydrogen (secondary N) is 2. The number of rotatable bonds is 6. The molecular weight excluding hydrogens is 448 g/mol. The van der Waals surface area contributed by atoms with Crippen LogP contribution in [0.3, 0.4) is 0 Å². The number of benzene rings is 2. The van der Waals surface area contributed by atoms with Gasteiger partial charge < -0.3 is 15.5 Å². The Labute approximate surface area is 202 Å². The van der Waals surface area contributed by atoms with Gasteiger partial charge >= 0.3 is 0 Å².